The van der Waals surface area contributed by atoms with Gasteiger partial charge in [0.2, 0.25) is 11.8 Å². The van der Waals surface area contributed by atoms with Crippen molar-refractivity contribution >= 4 is 17.7 Å². The second-order valence-electron chi connectivity index (χ2n) is 6.29. The van der Waals surface area contributed by atoms with E-state index in [4.69, 9.17) is 4.42 Å². The summed E-state index contributed by atoms with van der Waals surface area (Å²) in [4.78, 5) is 14.3. The Kier molecular flexibility index (Phi) is 4.95. The number of aryl methyl sites for hydroxylation is 1. The van der Waals surface area contributed by atoms with Crippen LogP contribution >= 0.6 is 11.8 Å². The molecule has 2 aromatic heterocycles. The van der Waals surface area contributed by atoms with Gasteiger partial charge < -0.3 is 14.4 Å². The van der Waals surface area contributed by atoms with Crippen LogP contribution < -0.4 is 0 Å². The van der Waals surface area contributed by atoms with Gasteiger partial charge in [0.25, 0.3) is 5.22 Å². The molecule has 9 heteroatoms. The molecule has 0 radical (unpaired) electrons. The molecule has 1 aromatic carbocycles. The van der Waals surface area contributed by atoms with Gasteiger partial charge in [0.15, 0.2) is 0 Å². The maximum Gasteiger partial charge on any atom is 0.277 e. The number of aliphatic hydroxyl groups excluding tert-OH is 1. The summed E-state index contributed by atoms with van der Waals surface area (Å²) in [6.45, 7) is 3.37. The van der Waals surface area contributed by atoms with Gasteiger partial charge in [0, 0.05) is 13.5 Å². The Morgan fingerprint density at radius 2 is 2.11 bits per heavy atom. The molecule has 1 aliphatic heterocycles. The van der Waals surface area contributed by atoms with Gasteiger partial charge in [-0.15, -0.1) is 10.2 Å². The van der Waals surface area contributed by atoms with Crippen LogP contribution in [0.4, 0.5) is 0 Å². The first kappa shape index (κ1) is 17.7. The van der Waals surface area contributed by atoms with Gasteiger partial charge in [-0.3, -0.25) is 9.48 Å². The lowest BCUT2D eigenvalue weighted by Crippen LogP contribution is -2.39. The Morgan fingerprint density at radius 3 is 2.85 bits per heavy atom. The summed E-state index contributed by atoms with van der Waals surface area (Å²) in [6, 6.07) is 11.3. The molecule has 27 heavy (non-hydrogen) atoms. The van der Waals surface area contributed by atoms with E-state index in [1.54, 1.807) is 11.8 Å². The van der Waals surface area contributed by atoms with Crippen molar-refractivity contribution in [2.24, 2.45) is 0 Å². The van der Waals surface area contributed by atoms with Crippen molar-refractivity contribution in [3.63, 3.8) is 0 Å². The maximum absolute atomic E-state index is 12.5. The number of benzene rings is 1. The Hall–Kier alpha value is -2.65. The molecule has 0 saturated heterocycles. The van der Waals surface area contributed by atoms with Crippen LogP contribution in [0.15, 0.2) is 46.0 Å². The number of nitrogens with zero attached hydrogens (tertiary/aromatic N) is 5. The number of aromatic nitrogens is 4. The zero-order chi connectivity index (χ0) is 18.8. The quantitative estimate of drug-likeness (QED) is 0.669. The second kappa shape index (κ2) is 7.53. The maximum atomic E-state index is 12.5. The van der Waals surface area contributed by atoms with Crippen molar-refractivity contribution in [3.8, 4) is 0 Å². The number of aliphatic hydroxyl groups is 1. The second-order valence-corrected chi connectivity index (χ2v) is 7.21. The summed E-state index contributed by atoms with van der Waals surface area (Å²) in [5.41, 5.74) is 2.31. The van der Waals surface area contributed by atoms with E-state index in [9.17, 15) is 9.90 Å². The van der Waals surface area contributed by atoms with Gasteiger partial charge in [-0.1, -0.05) is 42.1 Å². The minimum absolute atomic E-state index is 0.00783. The normalized spacial score (nSPS) is 14.8. The van der Waals surface area contributed by atoms with E-state index < -0.39 is 6.10 Å². The Bertz CT molecular complexity index is 940. The number of amides is 1. The lowest BCUT2D eigenvalue weighted by molar-refractivity contribution is -0.129. The molecule has 0 spiro atoms. The lowest BCUT2D eigenvalue weighted by atomic mass is 10.1. The van der Waals surface area contributed by atoms with Gasteiger partial charge in [0.1, 0.15) is 6.10 Å². The van der Waals surface area contributed by atoms with Crippen LogP contribution in [-0.4, -0.2) is 48.2 Å². The van der Waals surface area contributed by atoms with E-state index in [-0.39, 0.29) is 11.7 Å². The highest BCUT2D eigenvalue weighted by Crippen LogP contribution is 2.24. The Balaban J connectivity index is 1.41. The molecular formula is C18H19N5O3S. The Labute approximate surface area is 160 Å². The highest BCUT2D eigenvalue weighted by molar-refractivity contribution is 7.99. The lowest BCUT2D eigenvalue weighted by Gasteiger charge is -2.27. The van der Waals surface area contributed by atoms with Crippen LogP contribution in [0.25, 0.3) is 0 Å². The van der Waals surface area contributed by atoms with Crippen LogP contribution in [0, 0.1) is 6.92 Å². The Morgan fingerprint density at radius 1 is 1.30 bits per heavy atom. The molecule has 0 bridgehead atoms. The predicted molar refractivity (Wildman–Crippen MR) is 97.9 cm³/mol. The summed E-state index contributed by atoms with van der Waals surface area (Å²) in [7, 11) is 0. The molecular weight excluding hydrogens is 366 g/mol. The average molecular weight is 385 g/mol. The number of rotatable bonds is 5. The van der Waals surface area contributed by atoms with Crippen molar-refractivity contribution < 1.29 is 14.3 Å². The summed E-state index contributed by atoms with van der Waals surface area (Å²) in [5, 5.41) is 23.1. The molecule has 0 unspecified atom stereocenters. The van der Waals surface area contributed by atoms with Crippen LogP contribution in [0.1, 0.15) is 28.9 Å². The first-order chi connectivity index (χ1) is 13.1. The number of carbonyl (C=O) groups is 1. The highest BCUT2D eigenvalue weighted by atomic mass is 32.2. The molecule has 1 amide bonds. The van der Waals surface area contributed by atoms with Crippen LogP contribution in [0.2, 0.25) is 0 Å². The third kappa shape index (κ3) is 3.88. The summed E-state index contributed by atoms with van der Waals surface area (Å²) in [6.07, 6.45) is -0.773. The molecule has 8 nitrogen and oxygen atoms in total. The van der Waals surface area contributed by atoms with Crippen molar-refractivity contribution in [1.82, 2.24) is 24.9 Å². The van der Waals surface area contributed by atoms with Crippen molar-refractivity contribution in [3.05, 3.63) is 59.2 Å². The molecule has 1 atom stereocenters. The fourth-order valence-corrected chi connectivity index (χ4v) is 3.70. The van der Waals surface area contributed by atoms with Gasteiger partial charge in [-0.2, -0.15) is 5.10 Å². The summed E-state index contributed by atoms with van der Waals surface area (Å²) < 4.78 is 7.14. The van der Waals surface area contributed by atoms with E-state index in [2.05, 4.69) is 15.3 Å². The third-order valence-electron chi connectivity index (χ3n) is 4.39. The van der Waals surface area contributed by atoms with Gasteiger partial charge in [-0.05, 0) is 11.6 Å². The molecule has 1 aliphatic rings. The van der Waals surface area contributed by atoms with Gasteiger partial charge in [0.05, 0.1) is 30.2 Å². The summed E-state index contributed by atoms with van der Waals surface area (Å²) >= 11 is 1.24. The molecule has 3 aromatic rings. The fourth-order valence-electron chi connectivity index (χ4n) is 2.99. The van der Waals surface area contributed by atoms with Crippen LogP contribution in [-0.2, 0) is 17.9 Å². The van der Waals surface area contributed by atoms with E-state index in [1.165, 1.54) is 11.8 Å². The highest BCUT2D eigenvalue weighted by Gasteiger charge is 2.25. The summed E-state index contributed by atoms with van der Waals surface area (Å²) in [5.74, 6) is 0.736. The van der Waals surface area contributed by atoms with E-state index in [0.717, 1.165) is 11.3 Å². The van der Waals surface area contributed by atoms with E-state index in [1.807, 2.05) is 41.1 Å². The monoisotopic (exact) mass is 385 g/mol. The SMILES string of the molecule is Cc1nnc(SCC(=O)N2CCn3nc([C@@H](O)c4ccccc4)cc3C2)o1. The predicted octanol–water partition coefficient (Wildman–Crippen LogP) is 1.79. The number of thioether (sulfide) groups is 1. The zero-order valence-corrected chi connectivity index (χ0v) is 15.6. The fraction of sp³-hybridized carbons (Fsp3) is 0.333. The third-order valence-corrected chi connectivity index (χ3v) is 5.19. The van der Waals surface area contributed by atoms with Gasteiger partial charge in [-0.25, -0.2) is 0 Å². The first-order valence-corrected chi connectivity index (χ1v) is 9.59. The largest absolute Gasteiger partial charge is 0.416 e. The molecule has 0 saturated carbocycles. The number of carbonyl (C=O) groups excluding carboxylic acids is 1. The molecule has 3 heterocycles. The van der Waals surface area contributed by atoms with Gasteiger partial charge >= 0.3 is 0 Å². The number of hydrogen-bond donors (Lipinski definition) is 1. The zero-order valence-electron chi connectivity index (χ0n) is 14.8. The number of hydrogen-bond acceptors (Lipinski definition) is 7. The molecule has 140 valence electrons. The minimum Gasteiger partial charge on any atom is -0.416 e. The number of fused-ring (bicyclic) bond motifs is 1. The molecule has 1 N–H and O–H groups in total. The van der Waals surface area contributed by atoms with Crippen LogP contribution in [0.3, 0.4) is 0 Å². The average Bonchev–Trinajstić information content (AvgIpc) is 3.31. The molecule has 0 fully saturated rings. The van der Waals surface area contributed by atoms with Crippen molar-refractivity contribution in [1.29, 1.82) is 0 Å². The standard InChI is InChI=1S/C18H19N5O3S/c1-12-19-20-18(26-12)27-11-16(24)22-7-8-23-14(10-22)9-15(21-23)17(25)13-5-3-2-4-6-13/h2-6,9,17,25H,7-8,10-11H2,1H3/t17-/m0/s1. The molecule has 4 rings (SSSR count). The minimum atomic E-state index is -0.773. The van der Waals surface area contributed by atoms with E-state index in [0.29, 0.717) is 36.4 Å². The topological polar surface area (TPSA) is 97.3 Å². The molecule has 0 aliphatic carbocycles. The van der Waals surface area contributed by atoms with Crippen LogP contribution in [0.5, 0.6) is 0 Å². The van der Waals surface area contributed by atoms with Crippen molar-refractivity contribution in [2.45, 2.75) is 31.3 Å². The van der Waals surface area contributed by atoms with Crippen molar-refractivity contribution in [2.75, 3.05) is 12.3 Å². The smallest absolute Gasteiger partial charge is 0.277 e. The van der Waals surface area contributed by atoms with E-state index >= 15 is 0 Å². The first-order valence-electron chi connectivity index (χ1n) is 8.60.